The topological polar surface area (TPSA) is 68.4 Å². The van der Waals surface area contributed by atoms with Crippen LogP contribution in [0.15, 0.2) is 28.8 Å². The van der Waals surface area contributed by atoms with Crippen molar-refractivity contribution in [3.05, 3.63) is 30.2 Å². The average molecular weight is 246 g/mol. The Morgan fingerprint density at radius 3 is 2.56 bits per heavy atom. The Hall–Kier alpha value is -1.88. The summed E-state index contributed by atoms with van der Waals surface area (Å²) < 4.78 is 10.6. The molecule has 5 heteroatoms. The van der Waals surface area contributed by atoms with E-state index in [-0.39, 0.29) is 5.75 Å². The van der Waals surface area contributed by atoms with Crippen molar-refractivity contribution in [2.24, 2.45) is 0 Å². The highest BCUT2D eigenvalue weighted by atomic mass is 16.5. The van der Waals surface area contributed by atoms with Gasteiger partial charge < -0.3 is 14.4 Å². The number of nitrogens with zero attached hydrogens (tertiary/aromatic N) is 2. The molecule has 1 fully saturated rings. The van der Waals surface area contributed by atoms with Gasteiger partial charge in [0.1, 0.15) is 5.75 Å². The Bertz CT molecular complexity index is 515. The van der Waals surface area contributed by atoms with Gasteiger partial charge in [-0.3, -0.25) is 0 Å². The van der Waals surface area contributed by atoms with E-state index in [9.17, 15) is 5.11 Å². The molecule has 0 spiro atoms. The predicted octanol–water partition coefficient (Wildman–Crippen LogP) is 2.34. The molecule has 1 saturated heterocycles. The fourth-order valence-corrected chi connectivity index (χ4v) is 2.07. The first-order valence-electron chi connectivity index (χ1n) is 6.04. The summed E-state index contributed by atoms with van der Waals surface area (Å²) in [6.07, 6.45) is 1.86. The molecule has 0 radical (unpaired) electrons. The smallest absolute Gasteiger partial charge is 0.230 e. The van der Waals surface area contributed by atoms with Crippen LogP contribution in [0.4, 0.5) is 0 Å². The molecule has 1 aromatic heterocycles. The van der Waals surface area contributed by atoms with Crippen molar-refractivity contribution in [2.45, 2.75) is 18.8 Å². The van der Waals surface area contributed by atoms with Gasteiger partial charge in [0.25, 0.3) is 0 Å². The van der Waals surface area contributed by atoms with Crippen molar-refractivity contribution < 1.29 is 14.4 Å². The summed E-state index contributed by atoms with van der Waals surface area (Å²) in [6, 6.07) is 6.77. The number of ether oxygens (including phenoxy) is 1. The summed E-state index contributed by atoms with van der Waals surface area (Å²) in [6.45, 7) is 1.50. The predicted molar refractivity (Wildman–Crippen MR) is 64.2 cm³/mol. The number of aromatic hydroxyl groups is 1. The molecule has 0 unspecified atom stereocenters. The van der Waals surface area contributed by atoms with Crippen LogP contribution in [0.25, 0.3) is 11.4 Å². The molecular weight excluding hydrogens is 232 g/mol. The minimum absolute atomic E-state index is 0.229. The summed E-state index contributed by atoms with van der Waals surface area (Å²) in [5.41, 5.74) is 0.842. The first-order chi connectivity index (χ1) is 8.83. The van der Waals surface area contributed by atoms with E-state index in [1.165, 1.54) is 0 Å². The lowest BCUT2D eigenvalue weighted by Gasteiger charge is -2.17. The first kappa shape index (κ1) is 11.2. The Kier molecular flexibility index (Phi) is 2.98. The maximum atomic E-state index is 9.23. The van der Waals surface area contributed by atoms with Gasteiger partial charge in [0.15, 0.2) is 0 Å². The van der Waals surface area contributed by atoms with Crippen LogP contribution in [0, 0.1) is 0 Å². The van der Waals surface area contributed by atoms with Crippen molar-refractivity contribution in [2.75, 3.05) is 13.2 Å². The highest BCUT2D eigenvalue weighted by Gasteiger charge is 2.22. The highest BCUT2D eigenvalue weighted by molar-refractivity contribution is 5.55. The van der Waals surface area contributed by atoms with E-state index in [1.807, 2.05) is 0 Å². The lowest BCUT2D eigenvalue weighted by molar-refractivity contribution is 0.0778. The minimum Gasteiger partial charge on any atom is -0.508 e. The van der Waals surface area contributed by atoms with Gasteiger partial charge in [0.2, 0.25) is 11.7 Å². The first-order valence-corrected chi connectivity index (χ1v) is 6.04. The van der Waals surface area contributed by atoms with Gasteiger partial charge in [-0.2, -0.15) is 4.98 Å². The van der Waals surface area contributed by atoms with Crippen molar-refractivity contribution in [1.29, 1.82) is 0 Å². The van der Waals surface area contributed by atoms with E-state index in [2.05, 4.69) is 10.1 Å². The molecule has 0 bridgehead atoms. The van der Waals surface area contributed by atoms with Gasteiger partial charge in [-0.15, -0.1) is 0 Å². The Labute approximate surface area is 104 Å². The lowest BCUT2D eigenvalue weighted by Crippen LogP contribution is -2.14. The zero-order valence-electron chi connectivity index (χ0n) is 9.87. The second-order valence-corrected chi connectivity index (χ2v) is 4.39. The SMILES string of the molecule is Oc1ccc(-c2noc(C3CCOCC3)n2)cc1. The molecule has 1 aromatic carbocycles. The van der Waals surface area contributed by atoms with Gasteiger partial charge in [-0.25, -0.2) is 0 Å². The van der Waals surface area contributed by atoms with E-state index < -0.39 is 0 Å². The number of aromatic nitrogens is 2. The molecule has 18 heavy (non-hydrogen) atoms. The molecule has 3 rings (SSSR count). The number of phenolic OH excluding ortho intramolecular Hbond substituents is 1. The van der Waals surface area contributed by atoms with Gasteiger partial charge in [0.05, 0.1) is 0 Å². The van der Waals surface area contributed by atoms with Crippen molar-refractivity contribution >= 4 is 0 Å². The van der Waals surface area contributed by atoms with E-state index in [0.717, 1.165) is 31.6 Å². The van der Waals surface area contributed by atoms with Gasteiger partial charge in [-0.1, -0.05) is 5.16 Å². The minimum atomic E-state index is 0.229. The monoisotopic (exact) mass is 246 g/mol. The van der Waals surface area contributed by atoms with Crippen LogP contribution in [0.5, 0.6) is 5.75 Å². The standard InChI is InChI=1S/C13H14N2O3/c16-11-3-1-9(2-4-11)12-14-13(18-15-12)10-5-7-17-8-6-10/h1-4,10,16H,5-8H2. The summed E-state index contributed by atoms with van der Waals surface area (Å²) in [5.74, 6) is 1.78. The average Bonchev–Trinajstić information content (AvgIpc) is 2.90. The van der Waals surface area contributed by atoms with Crippen LogP contribution in [0.2, 0.25) is 0 Å². The molecule has 94 valence electrons. The third-order valence-corrected chi connectivity index (χ3v) is 3.14. The van der Waals surface area contributed by atoms with E-state index >= 15 is 0 Å². The summed E-state index contributed by atoms with van der Waals surface area (Å²) in [5, 5.41) is 13.2. The number of benzene rings is 1. The third kappa shape index (κ3) is 2.22. The fourth-order valence-electron chi connectivity index (χ4n) is 2.07. The summed E-state index contributed by atoms with van der Waals surface area (Å²) >= 11 is 0. The number of hydrogen-bond acceptors (Lipinski definition) is 5. The molecule has 0 aliphatic carbocycles. The molecule has 1 aliphatic rings. The second kappa shape index (κ2) is 4.78. The van der Waals surface area contributed by atoms with Crippen LogP contribution < -0.4 is 0 Å². The number of phenols is 1. The Morgan fingerprint density at radius 1 is 1.11 bits per heavy atom. The molecule has 0 saturated carbocycles. The van der Waals surface area contributed by atoms with Crippen LogP contribution in [0.1, 0.15) is 24.7 Å². The van der Waals surface area contributed by atoms with Crippen LogP contribution in [-0.2, 0) is 4.74 Å². The summed E-state index contributed by atoms with van der Waals surface area (Å²) in [7, 11) is 0. The lowest BCUT2D eigenvalue weighted by atomic mass is 10.0. The third-order valence-electron chi connectivity index (χ3n) is 3.14. The second-order valence-electron chi connectivity index (χ2n) is 4.39. The van der Waals surface area contributed by atoms with Gasteiger partial charge in [0, 0.05) is 24.7 Å². The molecule has 2 heterocycles. The normalized spacial score (nSPS) is 16.9. The molecule has 1 aliphatic heterocycles. The maximum Gasteiger partial charge on any atom is 0.230 e. The van der Waals surface area contributed by atoms with Crippen molar-refractivity contribution in [3.8, 4) is 17.1 Å². The number of hydrogen-bond donors (Lipinski definition) is 1. The zero-order valence-corrected chi connectivity index (χ0v) is 9.87. The van der Waals surface area contributed by atoms with Crippen LogP contribution in [0.3, 0.4) is 0 Å². The molecule has 5 nitrogen and oxygen atoms in total. The maximum absolute atomic E-state index is 9.23. The molecule has 0 atom stereocenters. The van der Waals surface area contributed by atoms with E-state index in [0.29, 0.717) is 17.6 Å². The largest absolute Gasteiger partial charge is 0.508 e. The zero-order chi connectivity index (χ0) is 12.4. The Balaban J connectivity index is 1.82. The van der Waals surface area contributed by atoms with Crippen LogP contribution in [-0.4, -0.2) is 28.5 Å². The fraction of sp³-hybridized carbons (Fsp3) is 0.385. The molecule has 2 aromatic rings. The highest BCUT2D eigenvalue weighted by Crippen LogP contribution is 2.27. The van der Waals surface area contributed by atoms with E-state index in [1.54, 1.807) is 24.3 Å². The van der Waals surface area contributed by atoms with Crippen molar-refractivity contribution in [1.82, 2.24) is 10.1 Å². The quantitative estimate of drug-likeness (QED) is 0.880. The molecule has 0 amide bonds. The Morgan fingerprint density at radius 2 is 1.83 bits per heavy atom. The van der Waals surface area contributed by atoms with Crippen LogP contribution >= 0.6 is 0 Å². The van der Waals surface area contributed by atoms with E-state index in [4.69, 9.17) is 9.26 Å². The van der Waals surface area contributed by atoms with Gasteiger partial charge in [-0.05, 0) is 37.1 Å². The molecule has 1 N–H and O–H groups in total. The molecular formula is C13H14N2O3. The summed E-state index contributed by atoms with van der Waals surface area (Å²) in [4.78, 5) is 4.42. The van der Waals surface area contributed by atoms with Gasteiger partial charge >= 0.3 is 0 Å². The van der Waals surface area contributed by atoms with Crippen molar-refractivity contribution in [3.63, 3.8) is 0 Å². The number of rotatable bonds is 2.